The molecule has 46 heavy (non-hydrogen) atoms. The van der Waals surface area contributed by atoms with Crippen molar-refractivity contribution < 1.29 is 23.1 Å². The highest BCUT2D eigenvalue weighted by Gasteiger charge is 2.57. The highest BCUT2D eigenvalue weighted by molar-refractivity contribution is 7.90. The maximum absolute atomic E-state index is 12.4. The largest absolute Gasteiger partial charge is 0.481 e. The minimum absolute atomic E-state index is 0.132. The number of nitrogens with one attached hydrogen (secondary N) is 1. The lowest BCUT2D eigenvalue weighted by Crippen LogP contribution is -2.47. The van der Waals surface area contributed by atoms with Gasteiger partial charge in [-0.3, -0.25) is 14.6 Å². The van der Waals surface area contributed by atoms with Gasteiger partial charge >= 0.3 is 5.97 Å². The van der Waals surface area contributed by atoms with E-state index in [1.54, 1.807) is 18.5 Å². The molecule has 2 aromatic heterocycles. The number of hydrogen-bond acceptors (Lipinski definition) is 10. The number of anilines is 1. The second-order valence-electron chi connectivity index (χ2n) is 12.0. The fraction of sp³-hybridized carbons (Fsp3) is 0.484. The number of carboxylic acid groups (broad SMARTS) is 1. The minimum atomic E-state index is -3.24. The van der Waals surface area contributed by atoms with Crippen molar-refractivity contribution in [2.75, 3.05) is 57.8 Å². The summed E-state index contributed by atoms with van der Waals surface area (Å²) in [6.45, 7) is 5.70. The van der Waals surface area contributed by atoms with Gasteiger partial charge in [0.05, 0.1) is 29.8 Å². The van der Waals surface area contributed by atoms with Crippen molar-refractivity contribution in [2.24, 2.45) is 11.8 Å². The van der Waals surface area contributed by atoms with E-state index in [0.717, 1.165) is 50.1 Å². The van der Waals surface area contributed by atoms with Crippen LogP contribution in [0.2, 0.25) is 10.0 Å². The number of hydrogen-bond donors (Lipinski definition) is 2. The van der Waals surface area contributed by atoms with E-state index in [4.69, 9.17) is 38.0 Å². The van der Waals surface area contributed by atoms with Gasteiger partial charge in [0.1, 0.15) is 0 Å². The number of fused-ring (bicyclic) bond motifs is 1. The molecule has 15 heteroatoms. The number of aromatic nitrogens is 3. The number of ether oxygens (including phenoxy) is 1. The van der Waals surface area contributed by atoms with E-state index in [-0.39, 0.29) is 23.5 Å². The van der Waals surface area contributed by atoms with E-state index in [1.165, 1.54) is 7.05 Å². The lowest BCUT2D eigenvalue weighted by molar-refractivity contribution is -0.137. The van der Waals surface area contributed by atoms with Crippen LogP contribution in [0.1, 0.15) is 24.8 Å². The third kappa shape index (κ3) is 7.89. The first-order chi connectivity index (χ1) is 22.1. The molecule has 0 bridgehead atoms. The zero-order valence-electron chi connectivity index (χ0n) is 25.5. The van der Waals surface area contributed by atoms with Gasteiger partial charge in [0.15, 0.2) is 5.75 Å². The normalized spacial score (nSPS) is 22.2. The summed E-state index contributed by atoms with van der Waals surface area (Å²) >= 11 is 12.6. The number of likely N-dealkylation sites (tertiary alicyclic amines) is 1. The summed E-state index contributed by atoms with van der Waals surface area (Å²) in [5.41, 5.74) is 2.41. The van der Waals surface area contributed by atoms with Crippen LogP contribution < -0.4 is 14.4 Å². The molecule has 1 saturated carbocycles. The van der Waals surface area contributed by atoms with Gasteiger partial charge in [-0.15, -0.1) is 0 Å². The van der Waals surface area contributed by atoms with Crippen LogP contribution in [0.5, 0.6) is 11.6 Å². The molecule has 2 saturated heterocycles. The summed E-state index contributed by atoms with van der Waals surface area (Å²) in [6, 6.07) is 9.20. The molecular weight excluding hydrogens is 653 g/mol. The zero-order valence-corrected chi connectivity index (χ0v) is 27.8. The van der Waals surface area contributed by atoms with Crippen molar-refractivity contribution in [3.63, 3.8) is 0 Å². The van der Waals surface area contributed by atoms with Gasteiger partial charge in [0.2, 0.25) is 21.9 Å². The van der Waals surface area contributed by atoms with E-state index < -0.39 is 16.0 Å². The molecule has 0 amide bonds. The van der Waals surface area contributed by atoms with Crippen molar-refractivity contribution >= 4 is 45.1 Å². The molecular formula is C31H37Cl2N7O5S. The fourth-order valence-corrected chi connectivity index (χ4v) is 8.88. The average Bonchev–Trinajstić information content (AvgIpc) is 3.78. The van der Waals surface area contributed by atoms with Crippen LogP contribution in [0.3, 0.4) is 0 Å². The first-order valence-electron chi connectivity index (χ1n) is 15.4. The molecule has 3 aliphatic rings. The van der Waals surface area contributed by atoms with E-state index in [0.29, 0.717) is 59.5 Å². The maximum Gasteiger partial charge on any atom is 0.304 e. The number of aliphatic carboxylic acids is 1. The molecule has 1 aliphatic carbocycles. The third-order valence-corrected chi connectivity index (χ3v) is 11.4. The molecule has 3 fully saturated rings. The standard InChI is InChI=1S/C31H37Cl2N7O5S/c1-34-46(43,44)30-25-2-5-39(6-3-26(25)30)19-20-12-27(21-14-22(32)16-23(33)15-21)37-28(13-20)45-24-17-35-31(36-18-24)40-10-8-38(9-11-40)7-4-29(41)42/h12-18,25-26,30,34H,2-11,19H2,1H3,(H,41,42). The summed E-state index contributed by atoms with van der Waals surface area (Å²) in [6.07, 6.45) is 5.05. The number of nitrogens with zero attached hydrogens (tertiary/aromatic N) is 6. The van der Waals surface area contributed by atoms with Gasteiger partial charge < -0.3 is 14.7 Å². The Morgan fingerprint density at radius 3 is 2.22 bits per heavy atom. The van der Waals surface area contributed by atoms with E-state index in [1.807, 2.05) is 24.3 Å². The Morgan fingerprint density at radius 2 is 1.61 bits per heavy atom. The molecule has 1 aromatic carbocycles. The van der Waals surface area contributed by atoms with Crippen LogP contribution in [-0.4, -0.2) is 102 Å². The second-order valence-corrected chi connectivity index (χ2v) is 15.0. The van der Waals surface area contributed by atoms with Gasteiger partial charge in [-0.05, 0) is 74.6 Å². The van der Waals surface area contributed by atoms with Crippen molar-refractivity contribution in [2.45, 2.75) is 31.1 Å². The number of pyridine rings is 1. The van der Waals surface area contributed by atoms with E-state index >= 15 is 0 Å². The topological polar surface area (TPSA) is 141 Å². The molecule has 0 spiro atoms. The van der Waals surface area contributed by atoms with Crippen molar-refractivity contribution in [3.8, 4) is 22.9 Å². The Labute approximate surface area is 278 Å². The molecule has 6 rings (SSSR count). The highest BCUT2D eigenvalue weighted by Crippen LogP contribution is 2.50. The number of carbonyl (C=O) groups is 1. The smallest absolute Gasteiger partial charge is 0.304 e. The van der Waals surface area contributed by atoms with E-state index in [2.05, 4.69) is 29.4 Å². The first kappa shape index (κ1) is 32.9. The molecule has 4 heterocycles. The van der Waals surface area contributed by atoms with Gasteiger partial charge in [-0.25, -0.2) is 28.1 Å². The number of carboxylic acids is 1. The molecule has 2 aliphatic heterocycles. The SMILES string of the molecule is CNS(=O)(=O)C1C2CCN(Cc3cc(Oc4cnc(N5CCN(CCC(=O)O)CC5)nc4)nc(-c4cc(Cl)cc(Cl)c4)c3)CCC21. The summed E-state index contributed by atoms with van der Waals surface area (Å²) in [5, 5.41) is 9.67. The Balaban J connectivity index is 1.15. The van der Waals surface area contributed by atoms with Crippen molar-refractivity contribution in [1.82, 2.24) is 29.5 Å². The molecule has 2 atom stereocenters. The van der Waals surface area contributed by atoms with Crippen LogP contribution in [0, 0.1) is 11.8 Å². The van der Waals surface area contributed by atoms with Crippen molar-refractivity contribution in [1.29, 1.82) is 0 Å². The number of halogens is 2. The molecule has 12 nitrogen and oxygen atoms in total. The third-order valence-electron chi connectivity index (χ3n) is 9.01. The molecule has 0 radical (unpaired) electrons. The van der Waals surface area contributed by atoms with Crippen LogP contribution >= 0.6 is 23.2 Å². The second kappa shape index (κ2) is 14.0. The van der Waals surface area contributed by atoms with Crippen LogP contribution in [-0.2, 0) is 21.4 Å². The lowest BCUT2D eigenvalue weighted by Gasteiger charge is -2.34. The summed E-state index contributed by atoms with van der Waals surface area (Å²) in [5.74, 6) is 1.02. The van der Waals surface area contributed by atoms with Gasteiger partial charge in [0.25, 0.3) is 0 Å². The number of piperazine rings is 1. The Hall–Kier alpha value is -3.07. The average molecular weight is 691 g/mol. The molecule has 2 N–H and O–H groups in total. The Morgan fingerprint density at radius 1 is 0.957 bits per heavy atom. The van der Waals surface area contributed by atoms with Gasteiger partial charge in [-0.2, -0.15) is 0 Å². The predicted molar refractivity (Wildman–Crippen MR) is 176 cm³/mol. The molecule has 246 valence electrons. The highest BCUT2D eigenvalue weighted by atomic mass is 35.5. The minimum Gasteiger partial charge on any atom is -0.481 e. The number of sulfonamides is 1. The zero-order chi connectivity index (χ0) is 32.4. The fourth-order valence-electron chi connectivity index (χ4n) is 6.58. The predicted octanol–water partition coefficient (Wildman–Crippen LogP) is 3.99. The van der Waals surface area contributed by atoms with Crippen LogP contribution in [0.4, 0.5) is 5.95 Å². The summed E-state index contributed by atoms with van der Waals surface area (Å²) < 4.78 is 33.4. The van der Waals surface area contributed by atoms with Gasteiger partial charge in [-0.1, -0.05) is 23.2 Å². The Kier molecular flexibility index (Phi) is 9.97. The molecule has 2 unspecified atom stereocenters. The first-order valence-corrected chi connectivity index (χ1v) is 17.7. The Bertz CT molecular complexity index is 1640. The maximum atomic E-state index is 12.4. The number of benzene rings is 1. The lowest BCUT2D eigenvalue weighted by atomic mass is 10.1. The number of rotatable bonds is 11. The van der Waals surface area contributed by atoms with Crippen LogP contribution in [0.15, 0.2) is 42.7 Å². The van der Waals surface area contributed by atoms with E-state index in [9.17, 15) is 13.2 Å². The van der Waals surface area contributed by atoms with Crippen molar-refractivity contribution in [3.05, 3.63) is 58.3 Å². The quantitative estimate of drug-likeness (QED) is 0.302. The summed E-state index contributed by atoms with van der Waals surface area (Å²) in [4.78, 5) is 31.3. The van der Waals surface area contributed by atoms with Crippen LogP contribution in [0.25, 0.3) is 11.3 Å². The van der Waals surface area contributed by atoms with Gasteiger partial charge in [0, 0.05) is 60.9 Å². The monoisotopic (exact) mass is 689 g/mol. The molecule has 3 aromatic rings. The summed E-state index contributed by atoms with van der Waals surface area (Å²) in [7, 11) is -1.75.